The molecule has 0 N–H and O–H groups in total. The van der Waals surface area contributed by atoms with E-state index in [4.69, 9.17) is 4.74 Å². The third-order valence-electron chi connectivity index (χ3n) is 3.27. The lowest BCUT2D eigenvalue weighted by Crippen LogP contribution is -2.60. The van der Waals surface area contributed by atoms with Crippen molar-refractivity contribution in [2.45, 2.75) is 39.3 Å². The van der Waals surface area contributed by atoms with Gasteiger partial charge in [0.25, 0.3) is 0 Å². The van der Waals surface area contributed by atoms with Crippen molar-refractivity contribution in [1.82, 2.24) is 4.90 Å². The molecule has 2 rings (SSSR count). The first-order valence-electron chi connectivity index (χ1n) is 6.84. The molecule has 0 radical (unpaired) electrons. The van der Waals surface area contributed by atoms with E-state index in [0.717, 1.165) is 10.5 Å². The molecule has 112 valence electrons. The quantitative estimate of drug-likeness (QED) is 0.620. The molecule has 1 saturated heterocycles. The van der Waals surface area contributed by atoms with E-state index in [1.54, 1.807) is 32.9 Å². The SMILES string of the molecule is CC(=O)C1C(=O)N(C(=O)OC(C)(C)C)C1c1ccccc1. The van der Waals surface area contributed by atoms with Crippen LogP contribution in [0.3, 0.4) is 0 Å². The monoisotopic (exact) mass is 289 g/mol. The summed E-state index contributed by atoms with van der Waals surface area (Å²) in [6.07, 6.45) is -0.709. The van der Waals surface area contributed by atoms with Crippen LogP contribution in [0.1, 0.15) is 39.3 Å². The summed E-state index contributed by atoms with van der Waals surface area (Å²) in [6.45, 7) is 6.56. The molecule has 2 unspecified atom stereocenters. The smallest absolute Gasteiger partial charge is 0.417 e. The van der Waals surface area contributed by atoms with Gasteiger partial charge in [-0.25, -0.2) is 9.69 Å². The number of Topliss-reactive ketones (excluding diaryl/α,β-unsaturated/α-hetero) is 1. The lowest BCUT2D eigenvalue weighted by molar-refractivity contribution is -0.158. The minimum absolute atomic E-state index is 0.242. The van der Waals surface area contributed by atoms with E-state index in [1.807, 2.05) is 18.2 Å². The second-order valence-electron chi connectivity index (χ2n) is 6.13. The van der Waals surface area contributed by atoms with Gasteiger partial charge in [-0.3, -0.25) is 9.59 Å². The largest absolute Gasteiger partial charge is 0.443 e. The molecule has 0 saturated carbocycles. The number of β-lactam (4-membered cyclic amide) rings is 1. The van der Waals surface area contributed by atoms with Crippen molar-refractivity contribution in [2.24, 2.45) is 5.92 Å². The Labute approximate surface area is 123 Å². The van der Waals surface area contributed by atoms with Crippen LogP contribution in [0.5, 0.6) is 0 Å². The van der Waals surface area contributed by atoms with Gasteiger partial charge in [0.2, 0.25) is 5.91 Å². The summed E-state index contributed by atoms with van der Waals surface area (Å²) in [7, 11) is 0. The molecule has 0 spiro atoms. The topological polar surface area (TPSA) is 63.7 Å². The average molecular weight is 289 g/mol. The second-order valence-corrected chi connectivity index (χ2v) is 6.13. The lowest BCUT2D eigenvalue weighted by Gasteiger charge is -2.44. The maximum atomic E-state index is 12.2. The van der Waals surface area contributed by atoms with E-state index >= 15 is 0 Å². The Morgan fingerprint density at radius 3 is 2.19 bits per heavy atom. The molecular formula is C16H19NO4. The first-order chi connectivity index (χ1) is 9.72. The highest BCUT2D eigenvalue weighted by atomic mass is 16.6. The maximum Gasteiger partial charge on any atom is 0.417 e. The molecule has 1 aliphatic heterocycles. The number of hydrogen-bond donors (Lipinski definition) is 0. The Balaban J connectivity index is 2.30. The predicted molar refractivity (Wildman–Crippen MR) is 76.4 cm³/mol. The van der Waals surface area contributed by atoms with Gasteiger partial charge in [-0.15, -0.1) is 0 Å². The van der Waals surface area contributed by atoms with Gasteiger partial charge in [-0.05, 0) is 33.3 Å². The van der Waals surface area contributed by atoms with Crippen LogP contribution in [0.4, 0.5) is 4.79 Å². The highest BCUT2D eigenvalue weighted by Crippen LogP contribution is 2.41. The Morgan fingerprint density at radius 2 is 1.71 bits per heavy atom. The molecule has 2 amide bonds. The fourth-order valence-electron chi connectivity index (χ4n) is 2.39. The van der Waals surface area contributed by atoms with Gasteiger partial charge in [0, 0.05) is 0 Å². The number of benzene rings is 1. The molecule has 1 aliphatic rings. The number of hydrogen-bond acceptors (Lipinski definition) is 4. The Kier molecular flexibility index (Phi) is 3.85. The summed E-state index contributed by atoms with van der Waals surface area (Å²) in [5, 5.41) is 0. The number of ether oxygens (including phenoxy) is 1. The maximum absolute atomic E-state index is 12.2. The number of nitrogens with zero attached hydrogens (tertiary/aromatic N) is 1. The van der Waals surface area contributed by atoms with E-state index in [-0.39, 0.29) is 5.78 Å². The molecule has 0 bridgehead atoms. The minimum Gasteiger partial charge on any atom is -0.443 e. The number of rotatable bonds is 2. The second kappa shape index (κ2) is 5.31. The molecule has 0 aliphatic carbocycles. The fourth-order valence-corrected chi connectivity index (χ4v) is 2.39. The number of likely N-dealkylation sites (tertiary alicyclic amines) is 1. The van der Waals surface area contributed by atoms with E-state index in [2.05, 4.69) is 0 Å². The Morgan fingerprint density at radius 1 is 1.14 bits per heavy atom. The van der Waals surface area contributed by atoms with Crippen LogP contribution in [0.25, 0.3) is 0 Å². The van der Waals surface area contributed by atoms with Crippen LogP contribution < -0.4 is 0 Å². The molecule has 5 nitrogen and oxygen atoms in total. The average Bonchev–Trinajstić information content (AvgIpc) is 2.34. The van der Waals surface area contributed by atoms with Gasteiger partial charge in [0.05, 0.1) is 6.04 Å². The van der Waals surface area contributed by atoms with Crippen molar-refractivity contribution < 1.29 is 19.1 Å². The summed E-state index contributed by atoms with van der Waals surface area (Å²) in [5.41, 5.74) is 0.0584. The van der Waals surface area contributed by atoms with Crippen LogP contribution >= 0.6 is 0 Å². The van der Waals surface area contributed by atoms with Crippen molar-refractivity contribution in [3.05, 3.63) is 35.9 Å². The zero-order valence-electron chi connectivity index (χ0n) is 12.6. The van der Waals surface area contributed by atoms with E-state index in [0.29, 0.717) is 0 Å². The van der Waals surface area contributed by atoms with Gasteiger partial charge in [0.15, 0.2) is 0 Å². The van der Waals surface area contributed by atoms with Gasteiger partial charge in [0.1, 0.15) is 17.3 Å². The van der Waals surface area contributed by atoms with E-state index in [1.165, 1.54) is 6.92 Å². The first-order valence-corrected chi connectivity index (χ1v) is 6.84. The van der Waals surface area contributed by atoms with Gasteiger partial charge in [-0.1, -0.05) is 30.3 Å². The molecule has 5 heteroatoms. The summed E-state index contributed by atoms with van der Waals surface area (Å²) in [4.78, 5) is 37.0. The van der Waals surface area contributed by atoms with Crippen molar-refractivity contribution in [2.75, 3.05) is 0 Å². The van der Waals surface area contributed by atoms with Gasteiger partial charge < -0.3 is 4.74 Å². The zero-order chi connectivity index (χ0) is 15.8. The number of carbonyl (C=O) groups is 3. The van der Waals surface area contributed by atoms with Crippen molar-refractivity contribution in [3.63, 3.8) is 0 Å². The minimum atomic E-state index is -0.806. The normalized spacial score (nSPS) is 21.7. The molecule has 1 fully saturated rings. The number of imide groups is 1. The summed E-state index contributed by atoms with van der Waals surface area (Å²) < 4.78 is 5.25. The predicted octanol–water partition coefficient (Wildman–Crippen LogP) is 2.71. The number of carbonyl (C=O) groups excluding carboxylic acids is 3. The first kappa shape index (κ1) is 15.2. The van der Waals surface area contributed by atoms with Crippen molar-refractivity contribution in [1.29, 1.82) is 0 Å². The van der Waals surface area contributed by atoms with Crippen LogP contribution in [-0.2, 0) is 14.3 Å². The lowest BCUT2D eigenvalue weighted by atomic mass is 9.80. The third-order valence-corrected chi connectivity index (χ3v) is 3.27. The van der Waals surface area contributed by atoms with Crippen LogP contribution in [0.15, 0.2) is 30.3 Å². The Hall–Kier alpha value is -2.17. The summed E-state index contributed by atoms with van der Waals surface area (Å²) in [5.74, 6) is -1.54. The molecule has 1 aromatic rings. The molecule has 0 aromatic heterocycles. The van der Waals surface area contributed by atoms with E-state index < -0.39 is 29.6 Å². The van der Waals surface area contributed by atoms with Gasteiger partial charge >= 0.3 is 6.09 Å². The highest BCUT2D eigenvalue weighted by Gasteiger charge is 2.54. The summed E-state index contributed by atoms with van der Waals surface area (Å²) >= 11 is 0. The Bertz CT molecular complexity index is 574. The van der Waals surface area contributed by atoms with Crippen LogP contribution in [0.2, 0.25) is 0 Å². The number of ketones is 1. The molecule has 21 heavy (non-hydrogen) atoms. The summed E-state index contributed by atoms with van der Waals surface area (Å²) in [6, 6.07) is 8.47. The van der Waals surface area contributed by atoms with Crippen molar-refractivity contribution in [3.8, 4) is 0 Å². The van der Waals surface area contributed by atoms with E-state index in [9.17, 15) is 14.4 Å². The molecule has 2 atom stereocenters. The molecule has 1 heterocycles. The zero-order valence-corrected chi connectivity index (χ0v) is 12.6. The highest BCUT2D eigenvalue weighted by molar-refractivity contribution is 6.11. The molecule has 1 aromatic carbocycles. The van der Waals surface area contributed by atoms with Crippen LogP contribution in [0, 0.1) is 5.92 Å². The fraction of sp³-hybridized carbons (Fsp3) is 0.438. The van der Waals surface area contributed by atoms with Crippen LogP contribution in [-0.4, -0.2) is 28.3 Å². The standard InChI is InChI=1S/C16H19NO4/c1-10(18)12-13(11-8-6-5-7-9-11)17(14(12)19)15(20)21-16(2,3)4/h5-9,12-13H,1-4H3. The number of amides is 2. The molecular weight excluding hydrogens is 270 g/mol. The third kappa shape index (κ3) is 2.96. The van der Waals surface area contributed by atoms with Crippen molar-refractivity contribution >= 4 is 17.8 Å². The van der Waals surface area contributed by atoms with Gasteiger partial charge in [-0.2, -0.15) is 0 Å².